The summed E-state index contributed by atoms with van der Waals surface area (Å²) in [6.07, 6.45) is 3.66. The second-order valence-corrected chi connectivity index (χ2v) is 5.60. The first-order valence-corrected chi connectivity index (χ1v) is 6.30. The van der Waals surface area contributed by atoms with Gasteiger partial charge in [-0.2, -0.15) is 0 Å². The maximum absolute atomic E-state index is 5.87. The number of hydrogen-bond acceptors (Lipinski definition) is 5. The van der Waals surface area contributed by atoms with Crippen molar-refractivity contribution in [3.8, 4) is 0 Å². The van der Waals surface area contributed by atoms with E-state index in [4.69, 9.17) is 15.2 Å². The normalized spacial score (nSPS) is 21.0. The molecule has 6 heteroatoms. The van der Waals surface area contributed by atoms with Crippen LogP contribution in [-0.2, 0) is 9.31 Å². The van der Waals surface area contributed by atoms with E-state index >= 15 is 0 Å². The van der Waals surface area contributed by atoms with Crippen molar-refractivity contribution in [3.05, 3.63) is 29.9 Å². The summed E-state index contributed by atoms with van der Waals surface area (Å²) in [5.41, 5.74) is 2.83. The summed E-state index contributed by atoms with van der Waals surface area (Å²) < 4.78 is 11.7. The van der Waals surface area contributed by atoms with E-state index in [-0.39, 0.29) is 18.3 Å². The fraction of sp³-hybridized carbons (Fsp3) is 0.462. The molecule has 0 unspecified atom stereocenters. The Bertz CT molecular complexity index is 455. The maximum atomic E-state index is 5.87. The molecular weight excluding hydrogens is 241 g/mol. The lowest BCUT2D eigenvalue weighted by molar-refractivity contribution is 0.00578. The molecule has 0 aromatic carbocycles. The Morgan fingerprint density at radius 1 is 1.21 bits per heavy atom. The number of anilines is 1. The molecule has 2 heterocycles. The van der Waals surface area contributed by atoms with E-state index in [0.29, 0.717) is 5.82 Å². The van der Waals surface area contributed by atoms with Gasteiger partial charge < -0.3 is 14.7 Å². The predicted octanol–water partition coefficient (Wildman–Crippen LogP) is 2.01. The SMILES string of the molecule is CC1(C)OB(/C=C/c2ccc(NN)nc2)OC1(C)C. The number of aromatic nitrogens is 1. The van der Waals surface area contributed by atoms with Crippen molar-refractivity contribution in [2.75, 3.05) is 5.43 Å². The van der Waals surface area contributed by atoms with Crippen LogP contribution in [0.15, 0.2) is 24.3 Å². The lowest BCUT2D eigenvalue weighted by Crippen LogP contribution is -2.41. The number of hydrazine groups is 1. The van der Waals surface area contributed by atoms with Gasteiger partial charge in [-0.15, -0.1) is 0 Å². The highest BCUT2D eigenvalue weighted by Gasteiger charge is 2.49. The predicted molar refractivity (Wildman–Crippen MR) is 77.2 cm³/mol. The number of nitrogens with zero attached hydrogens (tertiary/aromatic N) is 1. The van der Waals surface area contributed by atoms with Gasteiger partial charge in [0.15, 0.2) is 0 Å². The lowest BCUT2D eigenvalue weighted by Gasteiger charge is -2.32. The highest BCUT2D eigenvalue weighted by Crippen LogP contribution is 2.36. The zero-order valence-electron chi connectivity index (χ0n) is 11.8. The third kappa shape index (κ3) is 2.97. The van der Waals surface area contributed by atoms with Gasteiger partial charge in [0.05, 0.1) is 11.2 Å². The molecule has 1 fully saturated rings. The van der Waals surface area contributed by atoms with Gasteiger partial charge in [0, 0.05) is 6.20 Å². The highest BCUT2D eigenvalue weighted by molar-refractivity contribution is 6.52. The average molecular weight is 261 g/mol. The van der Waals surface area contributed by atoms with Gasteiger partial charge in [-0.25, -0.2) is 10.8 Å². The number of nitrogen functional groups attached to an aromatic ring is 1. The van der Waals surface area contributed by atoms with Gasteiger partial charge in [-0.3, -0.25) is 0 Å². The van der Waals surface area contributed by atoms with E-state index in [2.05, 4.69) is 10.4 Å². The monoisotopic (exact) mass is 261 g/mol. The van der Waals surface area contributed by atoms with Crippen LogP contribution in [-0.4, -0.2) is 23.3 Å². The van der Waals surface area contributed by atoms with Crippen LogP contribution in [0.3, 0.4) is 0 Å². The highest BCUT2D eigenvalue weighted by atomic mass is 16.7. The summed E-state index contributed by atoms with van der Waals surface area (Å²) in [5.74, 6) is 7.79. The quantitative estimate of drug-likeness (QED) is 0.495. The summed E-state index contributed by atoms with van der Waals surface area (Å²) >= 11 is 0. The molecule has 0 atom stereocenters. The van der Waals surface area contributed by atoms with Crippen LogP contribution in [0.4, 0.5) is 5.82 Å². The van der Waals surface area contributed by atoms with Crippen molar-refractivity contribution in [3.63, 3.8) is 0 Å². The third-order valence-corrected chi connectivity index (χ3v) is 3.65. The van der Waals surface area contributed by atoms with E-state index in [0.717, 1.165) is 5.56 Å². The standard InChI is InChI=1S/C13H20BN3O2/c1-12(2)13(3,4)19-14(18-12)8-7-10-5-6-11(17-15)16-9-10/h5-9H,15H2,1-4H3,(H,16,17)/b8-7+. The molecule has 0 radical (unpaired) electrons. The van der Waals surface area contributed by atoms with Crippen LogP contribution in [0, 0.1) is 0 Å². The summed E-state index contributed by atoms with van der Waals surface area (Å²) in [5, 5.41) is 0. The van der Waals surface area contributed by atoms with Crippen molar-refractivity contribution in [2.45, 2.75) is 38.9 Å². The smallest absolute Gasteiger partial charge is 0.400 e. The number of hydrogen-bond donors (Lipinski definition) is 2. The molecule has 0 saturated carbocycles. The Morgan fingerprint density at radius 2 is 1.84 bits per heavy atom. The molecule has 1 aromatic heterocycles. The van der Waals surface area contributed by atoms with Gasteiger partial charge >= 0.3 is 7.12 Å². The Hall–Kier alpha value is -1.37. The topological polar surface area (TPSA) is 69.4 Å². The number of pyridine rings is 1. The first-order valence-electron chi connectivity index (χ1n) is 6.30. The van der Waals surface area contributed by atoms with Crippen molar-refractivity contribution >= 4 is 19.0 Å². The van der Waals surface area contributed by atoms with Crippen LogP contribution in [0.5, 0.6) is 0 Å². The van der Waals surface area contributed by atoms with Gasteiger partial charge in [0.25, 0.3) is 0 Å². The maximum Gasteiger partial charge on any atom is 0.487 e. The van der Waals surface area contributed by atoms with Crippen LogP contribution < -0.4 is 11.3 Å². The van der Waals surface area contributed by atoms with Crippen LogP contribution in [0.1, 0.15) is 33.3 Å². The van der Waals surface area contributed by atoms with Crippen molar-refractivity contribution < 1.29 is 9.31 Å². The molecule has 0 spiro atoms. The van der Waals surface area contributed by atoms with Gasteiger partial charge in [-0.05, 0) is 45.4 Å². The minimum absolute atomic E-state index is 0.312. The second-order valence-electron chi connectivity index (χ2n) is 5.60. The summed E-state index contributed by atoms with van der Waals surface area (Å²) in [6.45, 7) is 8.13. The molecule has 0 amide bonds. The van der Waals surface area contributed by atoms with Crippen molar-refractivity contribution in [2.24, 2.45) is 5.84 Å². The van der Waals surface area contributed by atoms with Crippen molar-refractivity contribution in [1.82, 2.24) is 4.98 Å². The largest absolute Gasteiger partial charge is 0.487 e. The fourth-order valence-electron chi connectivity index (χ4n) is 1.75. The Balaban J connectivity index is 2.04. The molecule has 1 aliphatic rings. The second kappa shape index (κ2) is 4.96. The van der Waals surface area contributed by atoms with E-state index in [1.165, 1.54) is 0 Å². The summed E-state index contributed by atoms with van der Waals surface area (Å²) in [4.78, 5) is 4.13. The van der Waals surface area contributed by atoms with E-state index in [9.17, 15) is 0 Å². The zero-order chi connectivity index (χ0) is 14.1. The van der Waals surface area contributed by atoms with Gasteiger partial charge in [-0.1, -0.05) is 12.1 Å². The average Bonchev–Trinajstić information content (AvgIpc) is 2.56. The van der Waals surface area contributed by atoms with Crippen molar-refractivity contribution in [1.29, 1.82) is 0 Å². The van der Waals surface area contributed by atoms with E-state index < -0.39 is 0 Å². The zero-order valence-corrected chi connectivity index (χ0v) is 11.8. The van der Waals surface area contributed by atoms with Crippen LogP contribution in [0.2, 0.25) is 0 Å². The van der Waals surface area contributed by atoms with Crippen LogP contribution >= 0.6 is 0 Å². The number of rotatable bonds is 3. The molecule has 1 aromatic rings. The molecule has 0 bridgehead atoms. The minimum atomic E-state index is -0.336. The van der Waals surface area contributed by atoms with Gasteiger partial charge in [0.2, 0.25) is 0 Å². The molecule has 3 N–H and O–H groups in total. The summed E-state index contributed by atoms with van der Waals surface area (Å²) in [6, 6.07) is 3.73. The summed E-state index contributed by atoms with van der Waals surface area (Å²) in [7, 11) is -0.336. The molecule has 0 aliphatic carbocycles. The van der Waals surface area contributed by atoms with E-state index in [1.54, 1.807) is 6.20 Å². The molecule has 5 nitrogen and oxygen atoms in total. The Kier molecular flexibility index (Phi) is 3.67. The minimum Gasteiger partial charge on any atom is -0.400 e. The lowest BCUT2D eigenvalue weighted by atomic mass is 9.89. The first kappa shape index (κ1) is 14.1. The third-order valence-electron chi connectivity index (χ3n) is 3.65. The molecular formula is C13H20BN3O2. The molecule has 2 rings (SSSR count). The van der Waals surface area contributed by atoms with Crippen LogP contribution in [0.25, 0.3) is 6.08 Å². The number of nitrogens with two attached hydrogens (primary N) is 1. The number of nitrogens with one attached hydrogen (secondary N) is 1. The molecule has 1 aliphatic heterocycles. The fourth-order valence-corrected chi connectivity index (χ4v) is 1.75. The molecule has 1 saturated heterocycles. The first-order chi connectivity index (χ1) is 8.84. The van der Waals surface area contributed by atoms with E-state index in [1.807, 2.05) is 51.9 Å². The Morgan fingerprint density at radius 3 is 2.32 bits per heavy atom. The Labute approximate surface area is 114 Å². The molecule has 102 valence electrons. The van der Waals surface area contributed by atoms with Gasteiger partial charge in [0.1, 0.15) is 5.82 Å². The molecule has 19 heavy (non-hydrogen) atoms.